The monoisotopic (exact) mass is 874 g/mol. The van der Waals surface area contributed by atoms with Crippen molar-refractivity contribution in [3.05, 3.63) is 164 Å². The van der Waals surface area contributed by atoms with Gasteiger partial charge in [-0.1, -0.05) is 0 Å². The first-order valence-electron chi connectivity index (χ1n) is 19.7. The Labute approximate surface area is 354 Å². The van der Waals surface area contributed by atoms with Crippen molar-refractivity contribution in [3.63, 3.8) is 0 Å². The summed E-state index contributed by atoms with van der Waals surface area (Å²) in [5.41, 5.74) is 21.4. The molecule has 2 aromatic heterocycles. The van der Waals surface area contributed by atoms with Crippen molar-refractivity contribution in [2.75, 3.05) is 0 Å². The third kappa shape index (κ3) is 7.30. The fourth-order valence-corrected chi connectivity index (χ4v) is 28.9. The molecule has 6 aromatic rings. The number of allylic oxidation sites excluding steroid dienone is 2. The smallest absolute Gasteiger partial charge is 0.147 e. The maximum absolute atomic E-state index is 6.61. The molecule has 288 valence electrons. The average molecular weight is 877 g/mol. The molecule has 0 saturated carbocycles. The minimum Gasteiger partial charge on any atom is -0.147 e. The van der Waals surface area contributed by atoms with Gasteiger partial charge in [-0.05, 0) is 0 Å². The van der Waals surface area contributed by atoms with Gasteiger partial charge >= 0.3 is 332 Å². The van der Waals surface area contributed by atoms with Gasteiger partial charge in [0.25, 0.3) is 0 Å². The van der Waals surface area contributed by atoms with Crippen molar-refractivity contribution in [3.8, 4) is 22.3 Å². The van der Waals surface area contributed by atoms with Crippen LogP contribution in [0.3, 0.4) is 0 Å². The van der Waals surface area contributed by atoms with E-state index in [9.17, 15) is 0 Å². The van der Waals surface area contributed by atoms with Crippen LogP contribution in [-0.4, -0.2) is 5.43 Å². The summed E-state index contributed by atoms with van der Waals surface area (Å²) in [5.74, 6) is 4.00. The first kappa shape index (κ1) is 42.2. The molecule has 2 aliphatic rings. The summed E-state index contributed by atoms with van der Waals surface area (Å²) in [6.07, 6.45) is 7.16. The molecular formula is C50H54Cl2O2SiZr. The number of hydrogen-bond donors (Lipinski definition) is 0. The van der Waals surface area contributed by atoms with Crippen LogP contribution in [0.15, 0.2) is 93.8 Å². The van der Waals surface area contributed by atoms with Crippen molar-refractivity contribution < 1.29 is 29.2 Å². The fourth-order valence-electron chi connectivity index (χ4n) is 9.11. The van der Waals surface area contributed by atoms with E-state index in [1.54, 1.807) is 0 Å². The van der Waals surface area contributed by atoms with Gasteiger partial charge in [0.05, 0.1) is 0 Å². The van der Waals surface area contributed by atoms with Gasteiger partial charge in [-0.2, -0.15) is 0 Å². The summed E-state index contributed by atoms with van der Waals surface area (Å²) in [7, 11) is 0. The van der Waals surface area contributed by atoms with Gasteiger partial charge in [0.2, 0.25) is 0 Å². The molecule has 56 heavy (non-hydrogen) atoms. The maximum atomic E-state index is 6.61. The van der Waals surface area contributed by atoms with Crippen molar-refractivity contribution in [2.24, 2.45) is 0 Å². The second kappa shape index (κ2) is 16.8. The molecule has 0 aliphatic heterocycles. The zero-order valence-corrected chi connectivity index (χ0v) is 39.5. The topological polar surface area (TPSA) is 26.3 Å². The van der Waals surface area contributed by atoms with Crippen LogP contribution in [-0.2, 0) is 33.2 Å². The minimum atomic E-state index is -2.68. The normalized spacial score (nSPS) is 15.4. The average Bonchev–Trinajstić information content (AvgIpc) is 3.96. The van der Waals surface area contributed by atoms with E-state index >= 15 is 0 Å². The molecule has 2 heterocycles. The molecule has 2 unspecified atom stereocenters. The number of aryl methyl sites for hydroxylation is 6. The van der Waals surface area contributed by atoms with E-state index in [0.29, 0.717) is 7.25 Å². The molecule has 4 aromatic carbocycles. The summed E-state index contributed by atoms with van der Waals surface area (Å²) in [4.78, 5) is 0. The Morgan fingerprint density at radius 3 is 1.21 bits per heavy atom. The molecule has 6 heteroatoms. The van der Waals surface area contributed by atoms with E-state index in [1.165, 1.54) is 89.0 Å². The summed E-state index contributed by atoms with van der Waals surface area (Å²) in [6, 6.07) is 32.5. The van der Waals surface area contributed by atoms with Crippen molar-refractivity contribution in [1.82, 2.24) is 0 Å². The summed E-state index contributed by atoms with van der Waals surface area (Å²) in [6.45, 7) is 23.1. The largest absolute Gasteiger partial charge is 0.147 e. The van der Waals surface area contributed by atoms with E-state index in [2.05, 4.69) is 166 Å². The first-order chi connectivity index (χ1) is 26.0. The zero-order valence-electron chi connectivity index (χ0n) is 34.4. The number of furan rings is 2. The van der Waals surface area contributed by atoms with Gasteiger partial charge in [0.15, 0.2) is 0 Å². The number of rotatable bonds is 8. The Hall–Kier alpha value is -3.40. The van der Waals surface area contributed by atoms with Gasteiger partial charge < -0.3 is 0 Å². The number of halogens is 2. The van der Waals surface area contributed by atoms with E-state index in [1.807, 2.05) is 0 Å². The zero-order chi connectivity index (χ0) is 38.0. The molecule has 0 N–H and O–H groups in total. The number of fused-ring (bicyclic) bond motifs is 2. The van der Waals surface area contributed by atoms with Crippen molar-refractivity contribution in [2.45, 2.75) is 88.6 Å². The van der Waals surface area contributed by atoms with Gasteiger partial charge in [0, 0.05) is 0 Å². The number of benzene rings is 4. The maximum Gasteiger partial charge on any atom is -0.147 e. The second-order valence-corrected chi connectivity index (χ2v) is 33.7. The van der Waals surface area contributed by atoms with Crippen LogP contribution in [0.5, 0.6) is 0 Å². The van der Waals surface area contributed by atoms with E-state index in [-0.39, 0.29) is 24.8 Å². The molecule has 8 rings (SSSR count). The summed E-state index contributed by atoms with van der Waals surface area (Å²) in [5, 5.41) is 0. The van der Waals surface area contributed by atoms with Crippen molar-refractivity contribution >= 4 is 53.5 Å². The van der Waals surface area contributed by atoms with Crippen LogP contribution < -0.4 is 0 Å². The van der Waals surface area contributed by atoms with Crippen LogP contribution in [0.4, 0.5) is 0 Å². The summed E-state index contributed by atoms with van der Waals surface area (Å²) >= 11 is -2.68. The Balaban J connectivity index is 0.00000266. The molecule has 2 atom stereocenters. The Bertz CT molecular complexity index is 2370. The second-order valence-electron chi connectivity index (χ2n) is 15.8. The predicted molar refractivity (Wildman–Crippen MR) is 242 cm³/mol. The van der Waals surface area contributed by atoms with Gasteiger partial charge in [-0.25, -0.2) is 0 Å². The van der Waals surface area contributed by atoms with Gasteiger partial charge in [0.1, 0.15) is 0 Å². The first-order valence-corrected chi connectivity index (χ1v) is 28.7. The molecule has 0 spiro atoms. The number of hydrogen-bond acceptors (Lipinski definition) is 2. The SMILES string of the molecule is CCc1ccc(-c2c(C)c(C)cc3c2C=C(c2ccc(C)o2)[CH]3[Zr]([CH]2C(c3ccc(C)o3)=Cc3c2cc(C)c(C)c3-c2ccc(CC)cc2)=[Si](C)C)cc1.Cl.Cl. The van der Waals surface area contributed by atoms with Gasteiger partial charge in [-0.15, -0.1) is 24.8 Å². The molecule has 0 fully saturated rings. The van der Waals surface area contributed by atoms with Crippen LogP contribution in [0.1, 0.15) is 99.8 Å². The Morgan fingerprint density at radius 2 is 0.911 bits per heavy atom. The molecule has 0 saturated heterocycles. The van der Waals surface area contributed by atoms with Crippen LogP contribution in [0.2, 0.25) is 13.1 Å². The third-order valence-corrected chi connectivity index (χ3v) is 31.4. The van der Waals surface area contributed by atoms with Crippen LogP contribution >= 0.6 is 24.8 Å². The van der Waals surface area contributed by atoms with E-state index < -0.39 is 25.8 Å². The molecule has 0 radical (unpaired) electrons. The van der Waals surface area contributed by atoms with Gasteiger partial charge in [-0.3, -0.25) is 0 Å². The molecular weight excluding hydrogens is 823 g/mol. The minimum absolute atomic E-state index is 0. The van der Waals surface area contributed by atoms with E-state index in [4.69, 9.17) is 8.83 Å². The summed E-state index contributed by atoms with van der Waals surface area (Å²) < 4.78 is 13.9. The molecule has 0 amide bonds. The third-order valence-electron chi connectivity index (χ3n) is 12.2. The van der Waals surface area contributed by atoms with E-state index in [0.717, 1.165) is 35.9 Å². The molecule has 0 bridgehead atoms. The van der Waals surface area contributed by atoms with Crippen molar-refractivity contribution in [1.29, 1.82) is 0 Å². The standard InChI is InChI=1S/2C24H23O.C2H6Si.2ClH.Zr/c2*1-5-18-7-9-19(10-8-18)24-17(4)15(2)12-20-13-21(14-22(20)24)23-11-6-16(3)25-23;1-3-2;;;/h2*6-14H,5H2,1-4H3;1-2H3;2*1H;. The molecule has 2 nitrogen and oxygen atoms in total. The fraction of sp³-hybridized carbons (Fsp3) is 0.280. The Kier molecular flexibility index (Phi) is 12.7. The Morgan fingerprint density at radius 1 is 0.536 bits per heavy atom. The molecule has 2 aliphatic carbocycles. The quantitative estimate of drug-likeness (QED) is 0.142. The predicted octanol–water partition coefficient (Wildman–Crippen LogP) is 14.8. The van der Waals surface area contributed by atoms with Crippen LogP contribution in [0.25, 0.3) is 45.6 Å². The van der Waals surface area contributed by atoms with Crippen LogP contribution in [0, 0.1) is 41.5 Å².